The van der Waals surface area contributed by atoms with Gasteiger partial charge in [0.1, 0.15) is 10.7 Å². The van der Waals surface area contributed by atoms with E-state index in [4.69, 9.17) is 4.98 Å². The maximum absolute atomic E-state index is 12.7. The van der Waals surface area contributed by atoms with Crippen LogP contribution in [0.1, 0.15) is 61.2 Å². The number of nitrogens with one attached hydrogen (secondary N) is 2. The Balaban J connectivity index is 1.11. The van der Waals surface area contributed by atoms with E-state index in [1.54, 1.807) is 23.1 Å². The molecule has 2 aromatic rings. The molecule has 172 valence electrons. The molecular formula is C23H30N4O3S2. The van der Waals surface area contributed by atoms with Gasteiger partial charge in [-0.25, -0.2) is 4.98 Å². The van der Waals surface area contributed by atoms with Crippen LogP contribution in [0.25, 0.3) is 10.2 Å². The number of carbonyl (C=O) groups excluding carboxylic acids is 2. The predicted molar refractivity (Wildman–Crippen MR) is 128 cm³/mol. The number of thiophene rings is 1. The highest BCUT2D eigenvalue weighted by molar-refractivity contribution is 7.98. The summed E-state index contributed by atoms with van der Waals surface area (Å²) in [4.78, 5) is 49.3. The molecule has 0 aromatic carbocycles. The van der Waals surface area contributed by atoms with Gasteiger partial charge in [0.15, 0.2) is 0 Å². The number of aromatic amines is 1. The lowest BCUT2D eigenvalue weighted by atomic mass is 9.97. The number of thioether (sulfide) groups is 1. The number of hydrogen-bond acceptors (Lipinski definition) is 6. The summed E-state index contributed by atoms with van der Waals surface area (Å²) in [6.07, 6.45) is 8.74. The average Bonchev–Trinajstić information content (AvgIpc) is 3.53. The number of likely N-dealkylation sites (tertiary alicyclic amines) is 1. The van der Waals surface area contributed by atoms with E-state index in [-0.39, 0.29) is 23.3 Å². The molecule has 2 amide bonds. The minimum atomic E-state index is -0.0708. The van der Waals surface area contributed by atoms with Gasteiger partial charge in [-0.3, -0.25) is 14.4 Å². The van der Waals surface area contributed by atoms with E-state index in [1.165, 1.54) is 16.9 Å². The maximum atomic E-state index is 12.7. The van der Waals surface area contributed by atoms with E-state index in [9.17, 15) is 14.4 Å². The van der Waals surface area contributed by atoms with E-state index >= 15 is 0 Å². The number of H-pyrrole nitrogens is 1. The number of piperidine rings is 1. The molecule has 9 heteroatoms. The third-order valence-corrected chi connectivity index (χ3v) is 8.80. The Labute approximate surface area is 195 Å². The second-order valence-corrected chi connectivity index (χ2v) is 11.4. The first-order valence-electron chi connectivity index (χ1n) is 11.8. The van der Waals surface area contributed by atoms with E-state index in [1.807, 2.05) is 4.90 Å². The number of aryl methyl sites for hydroxylation is 2. The number of aromatic nitrogens is 2. The van der Waals surface area contributed by atoms with Crippen LogP contribution in [-0.4, -0.2) is 51.6 Å². The van der Waals surface area contributed by atoms with Crippen molar-refractivity contribution >= 4 is 45.1 Å². The summed E-state index contributed by atoms with van der Waals surface area (Å²) >= 11 is 3.29. The van der Waals surface area contributed by atoms with Gasteiger partial charge in [-0.15, -0.1) is 11.3 Å². The van der Waals surface area contributed by atoms with Crippen LogP contribution in [0, 0.1) is 5.92 Å². The first-order chi connectivity index (χ1) is 15.6. The summed E-state index contributed by atoms with van der Waals surface area (Å²) in [5.41, 5.74) is 1.19. The van der Waals surface area contributed by atoms with Gasteiger partial charge < -0.3 is 15.2 Å². The fourth-order valence-corrected chi connectivity index (χ4v) is 6.80. The molecule has 1 saturated heterocycles. The summed E-state index contributed by atoms with van der Waals surface area (Å²) in [7, 11) is 0. The molecule has 2 aromatic heterocycles. The number of hydrogen-bond donors (Lipinski definition) is 2. The van der Waals surface area contributed by atoms with Gasteiger partial charge in [-0.1, -0.05) is 0 Å². The standard InChI is InChI=1S/C23H30N4O3S2/c28-19(27-10-3-4-14(12-27)21(29)24-15-7-8-15)9-11-31-13-18-25-22(30)20-16-5-1-2-6-17(16)32-23(20)26-18/h14-15H,1-13H2,(H,24,29)(H,25,26,30). The lowest BCUT2D eigenvalue weighted by Crippen LogP contribution is -2.46. The van der Waals surface area contributed by atoms with Crippen molar-refractivity contribution in [3.05, 3.63) is 26.6 Å². The Morgan fingerprint density at radius 2 is 2.03 bits per heavy atom. The van der Waals surface area contributed by atoms with Crippen LogP contribution in [-0.2, 0) is 28.2 Å². The quantitative estimate of drug-likeness (QED) is 0.602. The van der Waals surface area contributed by atoms with Gasteiger partial charge in [0.25, 0.3) is 5.56 Å². The monoisotopic (exact) mass is 474 g/mol. The van der Waals surface area contributed by atoms with Crippen LogP contribution in [0.3, 0.4) is 0 Å². The van der Waals surface area contributed by atoms with Crippen LogP contribution in [0.2, 0.25) is 0 Å². The molecule has 2 aliphatic carbocycles. The topological polar surface area (TPSA) is 95.2 Å². The lowest BCUT2D eigenvalue weighted by Gasteiger charge is -2.32. The number of carbonyl (C=O) groups is 2. The van der Waals surface area contributed by atoms with Crippen molar-refractivity contribution in [2.45, 2.75) is 69.6 Å². The second kappa shape index (κ2) is 9.55. The Morgan fingerprint density at radius 1 is 1.19 bits per heavy atom. The third kappa shape index (κ3) is 4.88. The molecule has 32 heavy (non-hydrogen) atoms. The largest absolute Gasteiger partial charge is 0.353 e. The van der Waals surface area contributed by atoms with E-state index in [0.29, 0.717) is 36.3 Å². The molecule has 1 unspecified atom stereocenters. The van der Waals surface area contributed by atoms with Crippen LogP contribution >= 0.6 is 23.1 Å². The van der Waals surface area contributed by atoms with Gasteiger partial charge in [0, 0.05) is 36.2 Å². The zero-order chi connectivity index (χ0) is 22.1. The minimum absolute atomic E-state index is 0.0232. The summed E-state index contributed by atoms with van der Waals surface area (Å²) < 4.78 is 0. The number of fused-ring (bicyclic) bond motifs is 3. The van der Waals surface area contributed by atoms with Crippen molar-refractivity contribution in [1.82, 2.24) is 20.2 Å². The van der Waals surface area contributed by atoms with Gasteiger partial charge in [-0.05, 0) is 56.9 Å². The van der Waals surface area contributed by atoms with Crippen molar-refractivity contribution in [1.29, 1.82) is 0 Å². The molecular weight excluding hydrogens is 444 g/mol. The Kier molecular flexibility index (Phi) is 6.55. The fourth-order valence-electron chi connectivity index (χ4n) is 4.73. The highest BCUT2D eigenvalue weighted by Crippen LogP contribution is 2.33. The number of amides is 2. The molecule has 0 radical (unpaired) electrons. The molecule has 1 saturated carbocycles. The SMILES string of the molecule is O=C(NC1CC1)C1CCCN(C(=O)CCSCc2nc3sc4c(c3c(=O)[nH]2)CCCC4)C1. The molecule has 5 rings (SSSR count). The van der Waals surface area contributed by atoms with Crippen LogP contribution in [0.5, 0.6) is 0 Å². The average molecular weight is 475 g/mol. The van der Waals surface area contributed by atoms with Crippen LogP contribution < -0.4 is 10.9 Å². The van der Waals surface area contributed by atoms with Crippen molar-refractivity contribution in [2.24, 2.45) is 5.92 Å². The van der Waals surface area contributed by atoms with Crippen molar-refractivity contribution in [3.63, 3.8) is 0 Å². The summed E-state index contributed by atoms with van der Waals surface area (Å²) in [6.45, 7) is 1.28. The normalized spacial score (nSPS) is 20.9. The van der Waals surface area contributed by atoms with Gasteiger partial charge in [0.2, 0.25) is 11.8 Å². The highest BCUT2D eigenvalue weighted by Gasteiger charge is 2.31. The number of rotatable bonds is 7. The minimum Gasteiger partial charge on any atom is -0.353 e. The van der Waals surface area contributed by atoms with Crippen LogP contribution in [0.15, 0.2) is 4.79 Å². The van der Waals surface area contributed by atoms with Crippen molar-refractivity contribution in [3.8, 4) is 0 Å². The van der Waals surface area contributed by atoms with Crippen LogP contribution in [0.4, 0.5) is 0 Å². The van der Waals surface area contributed by atoms with E-state index < -0.39 is 0 Å². The Bertz CT molecular complexity index is 1080. The Morgan fingerprint density at radius 3 is 2.88 bits per heavy atom. The molecule has 1 atom stereocenters. The summed E-state index contributed by atoms with van der Waals surface area (Å²) in [5, 5.41) is 3.86. The second-order valence-electron chi connectivity index (χ2n) is 9.17. The molecule has 0 spiro atoms. The summed E-state index contributed by atoms with van der Waals surface area (Å²) in [6, 6.07) is 0.365. The zero-order valence-electron chi connectivity index (χ0n) is 18.3. The third-order valence-electron chi connectivity index (χ3n) is 6.64. The van der Waals surface area contributed by atoms with Crippen molar-refractivity contribution < 1.29 is 9.59 Å². The fraction of sp³-hybridized carbons (Fsp3) is 0.652. The molecule has 1 aliphatic heterocycles. The first-order valence-corrected chi connectivity index (χ1v) is 13.7. The molecule has 2 fully saturated rings. The van der Waals surface area contributed by atoms with Gasteiger partial charge in [0.05, 0.1) is 17.1 Å². The molecule has 0 bridgehead atoms. The molecule has 3 heterocycles. The maximum Gasteiger partial charge on any atom is 0.259 e. The number of nitrogens with zero attached hydrogens (tertiary/aromatic N) is 2. The van der Waals surface area contributed by atoms with Crippen molar-refractivity contribution in [2.75, 3.05) is 18.8 Å². The highest BCUT2D eigenvalue weighted by atomic mass is 32.2. The van der Waals surface area contributed by atoms with Gasteiger partial charge in [-0.2, -0.15) is 11.8 Å². The lowest BCUT2D eigenvalue weighted by molar-refractivity contribution is -0.135. The summed E-state index contributed by atoms with van der Waals surface area (Å²) in [5.74, 6) is 2.11. The van der Waals surface area contributed by atoms with Gasteiger partial charge >= 0.3 is 0 Å². The predicted octanol–water partition coefficient (Wildman–Crippen LogP) is 3.00. The zero-order valence-corrected chi connectivity index (χ0v) is 19.9. The van der Waals surface area contributed by atoms with E-state index in [0.717, 1.165) is 61.7 Å². The molecule has 3 aliphatic rings. The molecule has 2 N–H and O–H groups in total. The van der Waals surface area contributed by atoms with E-state index in [2.05, 4.69) is 10.3 Å². The first kappa shape index (κ1) is 21.9. The Hall–Kier alpha value is -1.87. The smallest absolute Gasteiger partial charge is 0.259 e. The molecule has 7 nitrogen and oxygen atoms in total.